The molecule has 0 aliphatic rings. The Hall–Kier alpha value is -2.72. The van der Waals surface area contributed by atoms with Crippen LogP contribution < -0.4 is 10.3 Å². The van der Waals surface area contributed by atoms with Gasteiger partial charge in [0.1, 0.15) is 17.1 Å². The third kappa shape index (κ3) is 4.22. The maximum Gasteiger partial charge on any atom is 0.277 e. The fourth-order valence-electron chi connectivity index (χ4n) is 3.63. The van der Waals surface area contributed by atoms with E-state index in [1.165, 1.54) is 21.1 Å². The van der Waals surface area contributed by atoms with Gasteiger partial charge in [0.2, 0.25) is 10.0 Å². The number of aryl methyl sites for hydroxylation is 2. The summed E-state index contributed by atoms with van der Waals surface area (Å²) < 4.78 is 34.7. The smallest absolute Gasteiger partial charge is 0.277 e. The van der Waals surface area contributed by atoms with Gasteiger partial charge in [-0.2, -0.15) is 9.40 Å². The van der Waals surface area contributed by atoms with E-state index in [-0.39, 0.29) is 16.3 Å². The standard InChI is InChI=1S/C21H29N5O4S/c1-6-10-16-18-19(25(5)24-16)21(27)23-20(22-18)15-13-14(11-12-17(15)30-9-4)31(28,29)26(7-2)8-3/h11-13H,6-10H2,1-5H3,(H,22,23,27). The Balaban J connectivity index is 2.27. The predicted octanol–water partition coefficient (Wildman–Crippen LogP) is 2.71. The third-order valence-electron chi connectivity index (χ3n) is 5.10. The number of rotatable bonds is 9. The minimum Gasteiger partial charge on any atom is -0.493 e. The molecule has 2 aromatic heterocycles. The van der Waals surface area contributed by atoms with Gasteiger partial charge in [-0.05, 0) is 31.5 Å². The van der Waals surface area contributed by atoms with Crippen molar-refractivity contribution >= 4 is 21.1 Å². The number of aromatic amines is 1. The van der Waals surface area contributed by atoms with Gasteiger partial charge in [0.05, 0.1) is 22.8 Å². The minimum absolute atomic E-state index is 0.123. The number of sulfonamides is 1. The molecular weight excluding hydrogens is 418 g/mol. The van der Waals surface area contributed by atoms with Gasteiger partial charge < -0.3 is 9.72 Å². The number of H-pyrrole nitrogens is 1. The lowest BCUT2D eigenvalue weighted by atomic mass is 10.1. The molecule has 3 rings (SSSR count). The van der Waals surface area contributed by atoms with Crippen LogP contribution in [0.3, 0.4) is 0 Å². The van der Waals surface area contributed by atoms with E-state index in [0.29, 0.717) is 48.5 Å². The van der Waals surface area contributed by atoms with Crippen LogP contribution in [0.4, 0.5) is 0 Å². The molecule has 0 bridgehead atoms. The summed E-state index contributed by atoms with van der Waals surface area (Å²) >= 11 is 0. The Bertz CT molecular complexity index is 1240. The Kier molecular flexibility index (Phi) is 6.80. The van der Waals surface area contributed by atoms with Crippen molar-refractivity contribution in [3.8, 4) is 17.1 Å². The minimum atomic E-state index is -3.69. The van der Waals surface area contributed by atoms with E-state index >= 15 is 0 Å². The number of ether oxygens (including phenoxy) is 1. The van der Waals surface area contributed by atoms with Crippen molar-refractivity contribution in [1.82, 2.24) is 24.1 Å². The molecular formula is C21H29N5O4S. The second kappa shape index (κ2) is 9.19. The van der Waals surface area contributed by atoms with Gasteiger partial charge >= 0.3 is 0 Å². The average molecular weight is 448 g/mol. The van der Waals surface area contributed by atoms with Crippen LogP contribution in [0.2, 0.25) is 0 Å². The van der Waals surface area contributed by atoms with Crippen LogP contribution in [0.1, 0.15) is 39.8 Å². The lowest BCUT2D eigenvalue weighted by Crippen LogP contribution is -2.30. The molecule has 1 aromatic carbocycles. The van der Waals surface area contributed by atoms with Gasteiger partial charge in [-0.25, -0.2) is 13.4 Å². The highest BCUT2D eigenvalue weighted by Crippen LogP contribution is 2.32. The number of nitrogens with one attached hydrogen (secondary N) is 1. The number of nitrogens with zero attached hydrogens (tertiary/aromatic N) is 4. The predicted molar refractivity (Wildman–Crippen MR) is 120 cm³/mol. The van der Waals surface area contributed by atoms with Crippen molar-refractivity contribution < 1.29 is 13.2 Å². The molecule has 0 saturated carbocycles. The first kappa shape index (κ1) is 23.0. The molecule has 2 heterocycles. The topological polar surface area (TPSA) is 110 Å². The first-order valence-corrected chi connectivity index (χ1v) is 12.0. The van der Waals surface area contributed by atoms with Crippen LogP contribution in [0.15, 0.2) is 27.9 Å². The van der Waals surface area contributed by atoms with Crippen LogP contribution in [-0.4, -0.2) is 52.2 Å². The number of fused-ring (bicyclic) bond motifs is 1. The molecule has 0 fully saturated rings. The zero-order chi connectivity index (χ0) is 22.8. The molecule has 168 valence electrons. The Morgan fingerprint density at radius 3 is 2.48 bits per heavy atom. The molecule has 10 heteroatoms. The molecule has 0 amide bonds. The Morgan fingerprint density at radius 2 is 1.87 bits per heavy atom. The summed E-state index contributed by atoms with van der Waals surface area (Å²) in [4.78, 5) is 20.4. The first-order chi connectivity index (χ1) is 14.8. The normalized spacial score (nSPS) is 12.1. The van der Waals surface area contributed by atoms with Crippen molar-refractivity contribution in [2.75, 3.05) is 19.7 Å². The van der Waals surface area contributed by atoms with E-state index in [4.69, 9.17) is 4.74 Å². The van der Waals surface area contributed by atoms with Gasteiger partial charge in [0.25, 0.3) is 5.56 Å². The largest absolute Gasteiger partial charge is 0.493 e. The zero-order valence-corrected chi connectivity index (χ0v) is 19.4. The summed E-state index contributed by atoms with van der Waals surface area (Å²) in [6.45, 7) is 8.56. The van der Waals surface area contributed by atoms with Crippen molar-refractivity contribution in [2.24, 2.45) is 7.05 Å². The monoisotopic (exact) mass is 447 g/mol. The SMILES string of the molecule is CCCc1nn(C)c2c(=O)[nH]c(-c3cc(S(=O)(=O)N(CC)CC)ccc3OCC)nc12. The summed E-state index contributed by atoms with van der Waals surface area (Å²) in [6.07, 6.45) is 1.54. The Morgan fingerprint density at radius 1 is 1.16 bits per heavy atom. The maximum atomic E-state index is 13.0. The second-order valence-electron chi connectivity index (χ2n) is 7.11. The van der Waals surface area contributed by atoms with Crippen molar-refractivity contribution in [3.63, 3.8) is 0 Å². The van der Waals surface area contributed by atoms with Crippen molar-refractivity contribution in [3.05, 3.63) is 34.2 Å². The van der Waals surface area contributed by atoms with Crippen molar-refractivity contribution in [1.29, 1.82) is 0 Å². The van der Waals surface area contributed by atoms with Gasteiger partial charge in [-0.3, -0.25) is 9.48 Å². The van der Waals surface area contributed by atoms with Crippen LogP contribution in [-0.2, 0) is 23.5 Å². The highest BCUT2D eigenvalue weighted by Gasteiger charge is 2.24. The molecule has 1 N–H and O–H groups in total. The van der Waals surface area contributed by atoms with Crippen molar-refractivity contribution in [2.45, 2.75) is 45.4 Å². The van der Waals surface area contributed by atoms with Gasteiger partial charge in [0, 0.05) is 20.1 Å². The average Bonchev–Trinajstić information content (AvgIpc) is 3.05. The zero-order valence-electron chi connectivity index (χ0n) is 18.6. The molecule has 3 aromatic rings. The summed E-state index contributed by atoms with van der Waals surface area (Å²) in [6, 6.07) is 4.64. The highest BCUT2D eigenvalue weighted by molar-refractivity contribution is 7.89. The lowest BCUT2D eigenvalue weighted by molar-refractivity contribution is 0.341. The van der Waals surface area contributed by atoms with Gasteiger partial charge in [0.15, 0.2) is 5.52 Å². The lowest BCUT2D eigenvalue weighted by Gasteiger charge is -2.19. The molecule has 0 aliphatic heterocycles. The number of benzene rings is 1. The molecule has 0 aliphatic carbocycles. The molecule has 0 radical (unpaired) electrons. The van der Waals surface area contributed by atoms with E-state index in [1.807, 2.05) is 13.8 Å². The molecule has 0 spiro atoms. The van der Waals surface area contributed by atoms with E-state index in [9.17, 15) is 13.2 Å². The van der Waals surface area contributed by atoms with Crippen LogP contribution in [0, 0.1) is 0 Å². The van der Waals surface area contributed by atoms with Crippen LogP contribution >= 0.6 is 0 Å². The van der Waals surface area contributed by atoms with Crippen LogP contribution in [0.25, 0.3) is 22.4 Å². The number of hydrogen-bond acceptors (Lipinski definition) is 6. The van der Waals surface area contributed by atoms with Gasteiger partial charge in [-0.15, -0.1) is 0 Å². The summed E-state index contributed by atoms with van der Waals surface area (Å²) in [5.74, 6) is 0.701. The molecule has 0 saturated heterocycles. The maximum absolute atomic E-state index is 13.0. The summed E-state index contributed by atoms with van der Waals surface area (Å²) in [5.41, 5.74) is 1.72. The fraction of sp³-hybridized carbons (Fsp3) is 0.476. The summed E-state index contributed by atoms with van der Waals surface area (Å²) in [7, 11) is -1.98. The van der Waals surface area contributed by atoms with Crippen LogP contribution in [0.5, 0.6) is 5.75 Å². The molecule has 9 nitrogen and oxygen atoms in total. The molecule has 0 atom stereocenters. The highest BCUT2D eigenvalue weighted by atomic mass is 32.2. The second-order valence-corrected chi connectivity index (χ2v) is 9.05. The summed E-state index contributed by atoms with van der Waals surface area (Å²) in [5, 5.41) is 4.44. The third-order valence-corrected chi connectivity index (χ3v) is 7.14. The molecule has 0 unspecified atom stereocenters. The van der Waals surface area contributed by atoms with E-state index < -0.39 is 10.0 Å². The van der Waals surface area contributed by atoms with E-state index in [0.717, 1.165) is 12.1 Å². The quantitative estimate of drug-likeness (QED) is 0.540. The van der Waals surface area contributed by atoms with Gasteiger partial charge in [-0.1, -0.05) is 27.2 Å². The Labute approximate surface area is 182 Å². The van der Waals surface area contributed by atoms with E-state index in [2.05, 4.69) is 15.1 Å². The number of aromatic nitrogens is 4. The number of hydrogen-bond donors (Lipinski definition) is 1. The first-order valence-electron chi connectivity index (χ1n) is 10.5. The molecule has 31 heavy (non-hydrogen) atoms. The van der Waals surface area contributed by atoms with E-state index in [1.54, 1.807) is 27.0 Å². The fourth-order valence-corrected chi connectivity index (χ4v) is 5.11.